The first kappa shape index (κ1) is 20.4. The molecule has 3 aromatic carbocycles. The Hall–Kier alpha value is -3.31. The zero-order chi connectivity index (χ0) is 20.8. The van der Waals surface area contributed by atoms with Gasteiger partial charge in [0.25, 0.3) is 5.91 Å². The van der Waals surface area contributed by atoms with E-state index in [1.54, 1.807) is 42.5 Å². The maximum absolute atomic E-state index is 12.8. The van der Waals surface area contributed by atoms with Crippen molar-refractivity contribution in [2.75, 3.05) is 10.6 Å². The summed E-state index contributed by atoms with van der Waals surface area (Å²) in [5.41, 5.74) is 3.51. The smallest absolute Gasteiger partial charge is 0.259 e. The molecule has 5 nitrogen and oxygen atoms in total. The minimum absolute atomic E-state index is 0.169. The van der Waals surface area contributed by atoms with Crippen LogP contribution in [-0.4, -0.2) is 11.8 Å². The van der Waals surface area contributed by atoms with Crippen LogP contribution in [0.2, 0.25) is 5.02 Å². The molecule has 0 aromatic heterocycles. The van der Waals surface area contributed by atoms with Crippen molar-refractivity contribution in [1.82, 2.24) is 0 Å². The number of rotatable bonds is 6. The summed E-state index contributed by atoms with van der Waals surface area (Å²) in [5.74, 6) is 0.0148. The Morgan fingerprint density at radius 2 is 1.69 bits per heavy atom. The van der Waals surface area contributed by atoms with Gasteiger partial charge in [-0.1, -0.05) is 41.9 Å². The largest absolute Gasteiger partial charge is 0.488 e. The molecule has 0 spiro atoms. The number of anilines is 2. The second kappa shape index (κ2) is 9.26. The first-order chi connectivity index (χ1) is 13.9. The van der Waals surface area contributed by atoms with Crippen molar-refractivity contribution in [1.29, 1.82) is 0 Å². The summed E-state index contributed by atoms with van der Waals surface area (Å²) >= 11 is 5.90. The molecule has 0 atom stereocenters. The molecule has 0 heterocycles. The highest BCUT2D eigenvalue weighted by atomic mass is 35.5. The standard InChI is InChI=1S/C23H21ClN2O3/c1-15-7-12-19(13-21(15)25-16(2)27)26-23(28)20-5-3-4-6-22(20)29-14-17-8-10-18(24)11-9-17/h3-13H,14H2,1-2H3,(H,25,27)(H,26,28). The molecule has 0 aliphatic heterocycles. The number of hydrogen-bond acceptors (Lipinski definition) is 3. The van der Waals surface area contributed by atoms with Gasteiger partial charge >= 0.3 is 0 Å². The average Bonchev–Trinajstić information content (AvgIpc) is 2.70. The molecular weight excluding hydrogens is 388 g/mol. The highest BCUT2D eigenvalue weighted by Crippen LogP contribution is 2.24. The molecule has 2 amide bonds. The minimum Gasteiger partial charge on any atom is -0.488 e. The van der Waals surface area contributed by atoms with Crippen molar-refractivity contribution in [2.45, 2.75) is 20.5 Å². The van der Waals surface area contributed by atoms with Crippen LogP contribution in [0.1, 0.15) is 28.4 Å². The molecule has 6 heteroatoms. The SMILES string of the molecule is CC(=O)Nc1cc(NC(=O)c2ccccc2OCc2ccc(Cl)cc2)ccc1C. The predicted molar refractivity (Wildman–Crippen MR) is 116 cm³/mol. The zero-order valence-electron chi connectivity index (χ0n) is 16.2. The summed E-state index contributed by atoms with van der Waals surface area (Å²) in [4.78, 5) is 24.2. The van der Waals surface area contributed by atoms with Crippen LogP contribution in [0.25, 0.3) is 0 Å². The molecule has 0 radical (unpaired) electrons. The highest BCUT2D eigenvalue weighted by Gasteiger charge is 2.13. The summed E-state index contributed by atoms with van der Waals surface area (Å²) < 4.78 is 5.86. The van der Waals surface area contributed by atoms with Crippen LogP contribution in [0.3, 0.4) is 0 Å². The highest BCUT2D eigenvalue weighted by molar-refractivity contribution is 6.30. The van der Waals surface area contributed by atoms with E-state index in [9.17, 15) is 9.59 Å². The topological polar surface area (TPSA) is 67.4 Å². The molecule has 29 heavy (non-hydrogen) atoms. The number of para-hydroxylation sites is 1. The Morgan fingerprint density at radius 1 is 0.966 bits per heavy atom. The summed E-state index contributed by atoms with van der Waals surface area (Å²) in [6.07, 6.45) is 0. The normalized spacial score (nSPS) is 10.3. The van der Waals surface area contributed by atoms with E-state index < -0.39 is 0 Å². The predicted octanol–water partition coefficient (Wildman–Crippen LogP) is 5.44. The van der Waals surface area contributed by atoms with E-state index in [1.165, 1.54) is 6.92 Å². The number of benzene rings is 3. The summed E-state index contributed by atoms with van der Waals surface area (Å²) in [6.45, 7) is 3.65. The summed E-state index contributed by atoms with van der Waals surface area (Å²) in [5, 5.41) is 6.27. The summed E-state index contributed by atoms with van der Waals surface area (Å²) in [7, 11) is 0. The molecule has 0 bridgehead atoms. The van der Waals surface area contributed by atoms with Crippen molar-refractivity contribution in [3.8, 4) is 5.75 Å². The van der Waals surface area contributed by atoms with E-state index >= 15 is 0 Å². The van der Waals surface area contributed by atoms with Crippen molar-refractivity contribution in [3.05, 3.63) is 88.4 Å². The van der Waals surface area contributed by atoms with Crippen LogP contribution in [0.4, 0.5) is 11.4 Å². The van der Waals surface area contributed by atoms with Crippen molar-refractivity contribution >= 4 is 34.8 Å². The van der Waals surface area contributed by atoms with Crippen LogP contribution >= 0.6 is 11.6 Å². The van der Waals surface area contributed by atoms with E-state index in [1.807, 2.05) is 31.2 Å². The number of aryl methyl sites for hydroxylation is 1. The molecular formula is C23H21ClN2O3. The Bertz CT molecular complexity index is 1030. The first-order valence-electron chi connectivity index (χ1n) is 9.08. The molecule has 3 rings (SSSR count). The van der Waals surface area contributed by atoms with E-state index in [0.29, 0.717) is 34.3 Å². The van der Waals surface area contributed by atoms with Gasteiger partial charge in [0.2, 0.25) is 5.91 Å². The number of halogens is 1. The van der Waals surface area contributed by atoms with Crippen LogP contribution in [-0.2, 0) is 11.4 Å². The fourth-order valence-corrected chi connectivity index (χ4v) is 2.87. The van der Waals surface area contributed by atoms with Crippen LogP contribution < -0.4 is 15.4 Å². The third kappa shape index (κ3) is 5.59. The Labute approximate surface area is 174 Å². The molecule has 0 fully saturated rings. The molecule has 0 aliphatic carbocycles. The molecule has 0 saturated heterocycles. The zero-order valence-corrected chi connectivity index (χ0v) is 16.9. The molecule has 148 valence electrons. The second-order valence-corrected chi connectivity index (χ2v) is 7.01. The quantitative estimate of drug-likeness (QED) is 0.570. The fourth-order valence-electron chi connectivity index (χ4n) is 2.74. The Balaban J connectivity index is 1.74. The van der Waals surface area contributed by atoms with Gasteiger partial charge in [-0.25, -0.2) is 0 Å². The van der Waals surface area contributed by atoms with Crippen molar-refractivity contribution < 1.29 is 14.3 Å². The van der Waals surface area contributed by atoms with Crippen LogP contribution in [0, 0.1) is 6.92 Å². The number of ether oxygens (including phenoxy) is 1. The van der Waals surface area contributed by atoms with Gasteiger partial charge in [0.05, 0.1) is 5.56 Å². The van der Waals surface area contributed by atoms with Gasteiger partial charge in [-0.05, 0) is 54.4 Å². The molecule has 3 aromatic rings. The lowest BCUT2D eigenvalue weighted by atomic mass is 10.1. The lowest BCUT2D eigenvalue weighted by Gasteiger charge is -2.13. The first-order valence-corrected chi connectivity index (χ1v) is 9.46. The minimum atomic E-state index is -0.297. The van der Waals surface area contributed by atoms with E-state index in [4.69, 9.17) is 16.3 Å². The van der Waals surface area contributed by atoms with Gasteiger partial charge in [0.15, 0.2) is 0 Å². The van der Waals surface area contributed by atoms with E-state index in [0.717, 1.165) is 11.1 Å². The lowest BCUT2D eigenvalue weighted by Crippen LogP contribution is -2.14. The third-order valence-electron chi connectivity index (χ3n) is 4.25. The number of hydrogen-bond donors (Lipinski definition) is 2. The molecule has 0 unspecified atom stereocenters. The van der Waals surface area contributed by atoms with E-state index in [2.05, 4.69) is 10.6 Å². The van der Waals surface area contributed by atoms with Gasteiger partial charge in [0.1, 0.15) is 12.4 Å². The monoisotopic (exact) mass is 408 g/mol. The number of nitrogens with one attached hydrogen (secondary N) is 2. The second-order valence-electron chi connectivity index (χ2n) is 6.58. The van der Waals surface area contributed by atoms with Gasteiger partial charge in [-0.3, -0.25) is 9.59 Å². The Morgan fingerprint density at radius 3 is 2.41 bits per heavy atom. The van der Waals surface area contributed by atoms with Crippen molar-refractivity contribution in [2.24, 2.45) is 0 Å². The summed E-state index contributed by atoms with van der Waals surface area (Å²) in [6, 6.07) is 19.7. The maximum Gasteiger partial charge on any atom is 0.259 e. The lowest BCUT2D eigenvalue weighted by molar-refractivity contribution is -0.114. The van der Waals surface area contributed by atoms with Crippen LogP contribution in [0.5, 0.6) is 5.75 Å². The van der Waals surface area contributed by atoms with Gasteiger partial charge < -0.3 is 15.4 Å². The molecule has 2 N–H and O–H groups in total. The average molecular weight is 409 g/mol. The number of carbonyl (C=O) groups is 2. The van der Waals surface area contributed by atoms with E-state index in [-0.39, 0.29) is 11.8 Å². The van der Waals surface area contributed by atoms with Gasteiger partial charge in [-0.2, -0.15) is 0 Å². The van der Waals surface area contributed by atoms with Crippen LogP contribution in [0.15, 0.2) is 66.7 Å². The number of carbonyl (C=O) groups excluding carboxylic acids is 2. The Kier molecular flexibility index (Phi) is 6.52. The molecule has 0 saturated carbocycles. The van der Waals surface area contributed by atoms with Crippen molar-refractivity contribution in [3.63, 3.8) is 0 Å². The van der Waals surface area contributed by atoms with Gasteiger partial charge in [-0.15, -0.1) is 0 Å². The maximum atomic E-state index is 12.8. The number of amides is 2. The molecule has 0 aliphatic rings. The fraction of sp³-hybridized carbons (Fsp3) is 0.130. The van der Waals surface area contributed by atoms with Gasteiger partial charge in [0, 0.05) is 23.3 Å². The third-order valence-corrected chi connectivity index (χ3v) is 4.50.